The molecule has 0 amide bonds. The smallest absolute Gasteiger partial charge is 0.122 e. The fourth-order valence-corrected chi connectivity index (χ4v) is 3.99. The third-order valence-electron chi connectivity index (χ3n) is 5.44. The number of ether oxygens (including phenoxy) is 2. The second-order valence-electron chi connectivity index (χ2n) is 7.58. The average Bonchev–Trinajstić information content (AvgIpc) is 2.70. The molecule has 3 rings (SSSR count). The zero-order valence-electron chi connectivity index (χ0n) is 17.2. The van der Waals surface area contributed by atoms with Crippen molar-refractivity contribution in [3.63, 3.8) is 0 Å². The van der Waals surface area contributed by atoms with Gasteiger partial charge in [0.05, 0.1) is 14.2 Å². The standard InChI is InChI=1S/C23H32N2O3/c1-18-5-4-6-19(11-18)15-24-8-9-25(21(17-24)7-10-26)16-20-12-22(27-2)14-23(13-20)28-3/h4-6,11-14,21,26H,7-10,15-17H2,1-3H3/t21-/m0/s1. The second-order valence-corrected chi connectivity index (χ2v) is 7.58. The van der Waals surface area contributed by atoms with Crippen molar-refractivity contribution >= 4 is 0 Å². The van der Waals surface area contributed by atoms with Crippen molar-refractivity contribution in [2.75, 3.05) is 40.5 Å². The zero-order chi connectivity index (χ0) is 19.9. The van der Waals surface area contributed by atoms with Gasteiger partial charge in [-0.3, -0.25) is 9.80 Å². The van der Waals surface area contributed by atoms with Gasteiger partial charge in [0, 0.05) is 51.4 Å². The van der Waals surface area contributed by atoms with Gasteiger partial charge in [0.2, 0.25) is 0 Å². The molecule has 1 aliphatic heterocycles. The van der Waals surface area contributed by atoms with Crippen molar-refractivity contribution in [2.24, 2.45) is 0 Å². The van der Waals surface area contributed by atoms with Crippen molar-refractivity contribution in [2.45, 2.75) is 32.5 Å². The van der Waals surface area contributed by atoms with Crippen molar-refractivity contribution < 1.29 is 14.6 Å². The number of aliphatic hydroxyl groups is 1. The van der Waals surface area contributed by atoms with Gasteiger partial charge in [0.25, 0.3) is 0 Å². The minimum atomic E-state index is 0.209. The van der Waals surface area contributed by atoms with Crippen molar-refractivity contribution in [3.8, 4) is 11.5 Å². The quantitative estimate of drug-likeness (QED) is 0.758. The fourth-order valence-electron chi connectivity index (χ4n) is 3.99. The molecule has 2 aromatic rings. The monoisotopic (exact) mass is 384 g/mol. The average molecular weight is 385 g/mol. The Bertz CT molecular complexity index is 743. The van der Waals surface area contributed by atoms with Crippen LogP contribution in [0.3, 0.4) is 0 Å². The van der Waals surface area contributed by atoms with Crippen LogP contribution in [0.4, 0.5) is 0 Å². The summed E-state index contributed by atoms with van der Waals surface area (Å²) >= 11 is 0. The van der Waals surface area contributed by atoms with Crippen molar-refractivity contribution in [3.05, 3.63) is 59.2 Å². The summed E-state index contributed by atoms with van der Waals surface area (Å²) in [5.41, 5.74) is 3.83. The molecule has 28 heavy (non-hydrogen) atoms. The molecule has 0 aliphatic carbocycles. The number of piperazine rings is 1. The molecule has 0 aromatic heterocycles. The van der Waals surface area contributed by atoms with E-state index >= 15 is 0 Å². The minimum Gasteiger partial charge on any atom is -0.497 e. The predicted octanol–water partition coefficient (Wildman–Crippen LogP) is 3.08. The Kier molecular flexibility index (Phi) is 7.31. The third kappa shape index (κ3) is 5.47. The number of hydrogen-bond acceptors (Lipinski definition) is 5. The number of benzene rings is 2. The first-order chi connectivity index (χ1) is 13.6. The molecule has 1 fully saturated rings. The summed E-state index contributed by atoms with van der Waals surface area (Å²) in [4.78, 5) is 4.97. The first-order valence-corrected chi connectivity index (χ1v) is 9.96. The summed E-state index contributed by atoms with van der Waals surface area (Å²) in [6, 6.07) is 15.1. The highest BCUT2D eigenvalue weighted by Gasteiger charge is 2.27. The molecule has 5 heteroatoms. The van der Waals surface area contributed by atoms with Crippen LogP contribution in [0.5, 0.6) is 11.5 Å². The molecule has 0 radical (unpaired) electrons. The summed E-state index contributed by atoms with van der Waals surface area (Å²) in [6.45, 7) is 7.11. The van der Waals surface area contributed by atoms with Gasteiger partial charge < -0.3 is 14.6 Å². The summed E-state index contributed by atoms with van der Waals surface area (Å²) < 4.78 is 10.8. The van der Waals surface area contributed by atoms with Gasteiger partial charge in [-0.05, 0) is 36.6 Å². The highest BCUT2D eigenvalue weighted by molar-refractivity contribution is 5.38. The number of hydrogen-bond donors (Lipinski definition) is 1. The van der Waals surface area contributed by atoms with Gasteiger partial charge in [-0.15, -0.1) is 0 Å². The molecule has 5 nitrogen and oxygen atoms in total. The van der Waals surface area contributed by atoms with E-state index in [-0.39, 0.29) is 6.61 Å². The lowest BCUT2D eigenvalue weighted by Crippen LogP contribution is -2.52. The molecule has 1 saturated heterocycles. The third-order valence-corrected chi connectivity index (χ3v) is 5.44. The maximum absolute atomic E-state index is 9.59. The maximum atomic E-state index is 9.59. The Labute approximate surface area is 168 Å². The van der Waals surface area contributed by atoms with Gasteiger partial charge in [-0.2, -0.15) is 0 Å². The van der Waals surface area contributed by atoms with E-state index in [1.807, 2.05) is 6.07 Å². The van der Waals surface area contributed by atoms with Crippen LogP contribution in [-0.2, 0) is 13.1 Å². The molecule has 0 bridgehead atoms. The highest BCUT2D eigenvalue weighted by Crippen LogP contribution is 2.25. The summed E-state index contributed by atoms with van der Waals surface area (Å²) in [6.07, 6.45) is 0.783. The van der Waals surface area contributed by atoms with Gasteiger partial charge in [0.15, 0.2) is 0 Å². The van der Waals surface area contributed by atoms with Gasteiger partial charge in [0.1, 0.15) is 11.5 Å². The SMILES string of the molecule is COc1cc(CN2CCN(Cc3cccc(C)c3)C[C@@H]2CCO)cc(OC)c1. The second kappa shape index (κ2) is 9.92. The van der Waals surface area contributed by atoms with E-state index in [2.05, 4.69) is 53.1 Å². The molecule has 1 N–H and O–H groups in total. The zero-order valence-corrected chi connectivity index (χ0v) is 17.2. The maximum Gasteiger partial charge on any atom is 0.122 e. The highest BCUT2D eigenvalue weighted by atomic mass is 16.5. The summed E-state index contributed by atoms with van der Waals surface area (Å²) in [5.74, 6) is 1.62. The first-order valence-electron chi connectivity index (χ1n) is 9.96. The molecule has 152 valence electrons. The Morgan fingerprint density at radius 2 is 1.71 bits per heavy atom. The van der Waals surface area contributed by atoms with E-state index in [4.69, 9.17) is 9.47 Å². The number of methoxy groups -OCH3 is 2. The molecule has 1 heterocycles. The molecule has 1 aliphatic rings. The predicted molar refractivity (Wildman–Crippen MR) is 112 cm³/mol. The normalized spacial score (nSPS) is 18.2. The van der Waals surface area contributed by atoms with Gasteiger partial charge in [-0.1, -0.05) is 29.8 Å². The lowest BCUT2D eigenvalue weighted by atomic mass is 10.1. The van der Waals surface area contributed by atoms with E-state index in [1.54, 1.807) is 14.2 Å². The number of aliphatic hydroxyl groups excluding tert-OH is 1. The van der Waals surface area contributed by atoms with E-state index in [0.717, 1.165) is 50.6 Å². The van der Waals surface area contributed by atoms with Crippen molar-refractivity contribution in [1.29, 1.82) is 0 Å². The van der Waals surface area contributed by atoms with E-state index in [1.165, 1.54) is 16.7 Å². The molecule has 0 saturated carbocycles. The van der Waals surface area contributed by atoms with Crippen LogP contribution >= 0.6 is 0 Å². The number of nitrogens with zero attached hydrogens (tertiary/aromatic N) is 2. The molecule has 0 spiro atoms. The fraction of sp³-hybridized carbons (Fsp3) is 0.478. The van der Waals surface area contributed by atoms with Gasteiger partial charge in [-0.25, -0.2) is 0 Å². The topological polar surface area (TPSA) is 45.2 Å². The van der Waals surface area contributed by atoms with Crippen molar-refractivity contribution in [1.82, 2.24) is 9.80 Å². The Morgan fingerprint density at radius 3 is 2.36 bits per heavy atom. The van der Waals surface area contributed by atoms with E-state index in [9.17, 15) is 5.11 Å². The lowest BCUT2D eigenvalue weighted by Gasteiger charge is -2.41. The molecule has 1 atom stereocenters. The molecular weight excluding hydrogens is 352 g/mol. The van der Waals surface area contributed by atoms with Gasteiger partial charge >= 0.3 is 0 Å². The summed E-state index contributed by atoms with van der Waals surface area (Å²) in [5, 5.41) is 9.59. The van der Waals surface area contributed by atoms with Crippen LogP contribution < -0.4 is 9.47 Å². The molecule has 2 aromatic carbocycles. The largest absolute Gasteiger partial charge is 0.497 e. The first kappa shape index (κ1) is 20.6. The van der Waals surface area contributed by atoms with Crippen LogP contribution in [0.2, 0.25) is 0 Å². The molecular formula is C23H32N2O3. The minimum absolute atomic E-state index is 0.209. The summed E-state index contributed by atoms with van der Waals surface area (Å²) in [7, 11) is 3.36. The van der Waals surface area contributed by atoms with Crippen LogP contribution in [0.1, 0.15) is 23.1 Å². The van der Waals surface area contributed by atoms with Crippen LogP contribution in [-0.4, -0.2) is 61.4 Å². The lowest BCUT2D eigenvalue weighted by molar-refractivity contribution is 0.0499. The van der Waals surface area contributed by atoms with Crippen LogP contribution in [0.25, 0.3) is 0 Å². The number of rotatable bonds is 8. The van der Waals surface area contributed by atoms with E-state index in [0.29, 0.717) is 6.04 Å². The van der Waals surface area contributed by atoms with Crippen LogP contribution in [0, 0.1) is 6.92 Å². The Hall–Kier alpha value is -2.08. The van der Waals surface area contributed by atoms with Crippen LogP contribution in [0.15, 0.2) is 42.5 Å². The van der Waals surface area contributed by atoms with E-state index < -0.39 is 0 Å². The Balaban J connectivity index is 1.67. The Morgan fingerprint density at radius 1 is 0.964 bits per heavy atom. The molecule has 0 unspecified atom stereocenters. The number of aryl methyl sites for hydroxylation is 1.